The topological polar surface area (TPSA) is 132 Å². The van der Waals surface area contributed by atoms with Crippen molar-refractivity contribution in [2.24, 2.45) is 0 Å². The molecule has 31 heavy (non-hydrogen) atoms. The largest absolute Gasteiger partial charge is 0.360 e. The molecule has 4 heterocycles. The Bertz CT molecular complexity index is 1230. The Balaban J connectivity index is 1.60. The van der Waals surface area contributed by atoms with Crippen molar-refractivity contribution in [3.8, 4) is 5.00 Å². The molecule has 1 N–H and O–H groups in total. The summed E-state index contributed by atoms with van der Waals surface area (Å²) >= 11 is 1.39. The summed E-state index contributed by atoms with van der Waals surface area (Å²) in [6.45, 7) is 2.15. The molecule has 1 saturated heterocycles. The fourth-order valence-corrected chi connectivity index (χ4v) is 5.19. The minimum absolute atomic E-state index is 0.102. The maximum atomic E-state index is 13.1. The van der Waals surface area contributed by atoms with Gasteiger partial charge < -0.3 is 9.84 Å². The van der Waals surface area contributed by atoms with Gasteiger partial charge in [0.05, 0.1) is 6.26 Å². The maximum Gasteiger partial charge on any atom is 0.351 e. The predicted octanol–water partition coefficient (Wildman–Crippen LogP) is 1.17. The molecular weight excluding hydrogens is 444 g/mol. The monoisotopic (exact) mass is 466 g/mol. The van der Waals surface area contributed by atoms with Gasteiger partial charge in [-0.2, -0.15) is 5.10 Å². The number of hydrogen-bond donors (Lipinski definition) is 1. The van der Waals surface area contributed by atoms with Crippen LogP contribution in [0.25, 0.3) is 5.00 Å². The molecule has 0 saturated carbocycles. The van der Waals surface area contributed by atoms with Crippen LogP contribution in [0, 0.1) is 6.92 Å². The van der Waals surface area contributed by atoms with E-state index in [1.807, 2.05) is 17.5 Å². The number of carbonyl (C=O) groups excluding carboxylic acids is 1. The van der Waals surface area contributed by atoms with Gasteiger partial charge in [-0.25, -0.2) is 26.8 Å². The molecule has 3 aromatic heterocycles. The molecule has 1 amide bonds. The van der Waals surface area contributed by atoms with Crippen LogP contribution >= 0.6 is 11.3 Å². The van der Waals surface area contributed by atoms with Crippen molar-refractivity contribution in [2.45, 2.75) is 32.2 Å². The van der Waals surface area contributed by atoms with Crippen molar-refractivity contribution in [2.75, 3.05) is 24.7 Å². The Morgan fingerprint density at radius 3 is 2.68 bits per heavy atom. The Morgan fingerprint density at radius 1 is 1.35 bits per heavy atom. The summed E-state index contributed by atoms with van der Waals surface area (Å²) in [5.41, 5.74) is -0.422. The van der Waals surface area contributed by atoms with E-state index in [1.165, 1.54) is 26.5 Å². The van der Waals surface area contributed by atoms with Gasteiger partial charge in [0.2, 0.25) is 15.9 Å². The first-order valence-electron chi connectivity index (χ1n) is 9.64. The molecule has 0 bridgehead atoms. The molecule has 4 rings (SSSR count). The van der Waals surface area contributed by atoms with Crippen LogP contribution in [0.1, 0.15) is 30.3 Å². The van der Waals surface area contributed by atoms with Crippen LogP contribution in [0.3, 0.4) is 0 Å². The molecule has 1 aliphatic rings. The second-order valence-corrected chi connectivity index (χ2v) is 10.3. The highest BCUT2D eigenvalue weighted by Crippen LogP contribution is 2.29. The van der Waals surface area contributed by atoms with Crippen LogP contribution in [0.5, 0.6) is 0 Å². The number of aromatic nitrogens is 4. The van der Waals surface area contributed by atoms with Crippen molar-refractivity contribution in [3.63, 3.8) is 0 Å². The van der Waals surface area contributed by atoms with Crippen molar-refractivity contribution in [3.05, 3.63) is 45.6 Å². The maximum absolute atomic E-state index is 13.1. The Kier molecular flexibility index (Phi) is 5.81. The summed E-state index contributed by atoms with van der Waals surface area (Å²) in [5.74, 6) is 0.796. The molecule has 0 spiro atoms. The number of piperidine rings is 1. The predicted molar refractivity (Wildman–Crippen MR) is 114 cm³/mol. The standard InChI is InChI=1S/C18H22N6O5S2/c1-12-10-14(21-29-12)19-15(25)11-23-18(26)24(16-4-3-9-30-16)17(20-23)13-5-7-22(8-6-13)31(2,27)28/h3-4,9-10,13H,5-8,11H2,1-2H3,(H,19,21,25). The Hall–Kier alpha value is -2.77. The molecule has 0 aliphatic carbocycles. The molecule has 0 aromatic carbocycles. The highest BCUT2D eigenvalue weighted by atomic mass is 32.2. The number of amides is 1. The lowest BCUT2D eigenvalue weighted by molar-refractivity contribution is -0.117. The average molecular weight is 467 g/mol. The van der Waals surface area contributed by atoms with Crippen LogP contribution in [0.4, 0.5) is 5.82 Å². The van der Waals surface area contributed by atoms with Crippen LogP contribution in [0.15, 0.2) is 32.9 Å². The highest BCUT2D eigenvalue weighted by molar-refractivity contribution is 7.88. The normalized spacial score (nSPS) is 15.9. The average Bonchev–Trinajstić information content (AvgIpc) is 3.43. The minimum atomic E-state index is -3.26. The van der Waals surface area contributed by atoms with E-state index in [0.717, 1.165) is 4.68 Å². The van der Waals surface area contributed by atoms with Gasteiger partial charge in [-0.3, -0.25) is 4.79 Å². The zero-order valence-corrected chi connectivity index (χ0v) is 18.6. The zero-order valence-electron chi connectivity index (χ0n) is 17.0. The molecule has 1 aliphatic heterocycles. The van der Waals surface area contributed by atoms with Crippen molar-refractivity contribution in [1.82, 2.24) is 23.8 Å². The number of carbonyl (C=O) groups is 1. The molecule has 13 heteroatoms. The smallest absolute Gasteiger partial charge is 0.351 e. The lowest BCUT2D eigenvalue weighted by Gasteiger charge is -2.29. The van der Waals surface area contributed by atoms with Gasteiger partial charge in [0.25, 0.3) is 0 Å². The fourth-order valence-electron chi connectivity index (χ4n) is 3.59. The van der Waals surface area contributed by atoms with E-state index in [1.54, 1.807) is 13.0 Å². The summed E-state index contributed by atoms with van der Waals surface area (Å²) in [4.78, 5) is 25.5. The summed E-state index contributed by atoms with van der Waals surface area (Å²) in [7, 11) is -3.26. The molecule has 166 valence electrons. The highest BCUT2D eigenvalue weighted by Gasteiger charge is 2.31. The molecule has 1 fully saturated rings. The Morgan fingerprint density at radius 2 is 2.10 bits per heavy atom. The van der Waals surface area contributed by atoms with Crippen LogP contribution in [-0.4, -0.2) is 57.5 Å². The van der Waals surface area contributed by atoms with Crippen LogP contribution < -0.4 is 11.0 Å². The number of anilines is 1. The summed E-state index contributed by atoms with van der Waals surface area (Å²) < 4.78 is 32.6. The van der Waals surface area contributed by atoms with E-state index in [0.29, 0.717) is 42.5 Å². The fraction of sp³-hybridized carbons (Fsp3) is 0.444. The third-order valence-electron chi connectivity index (χ3n) is 5.07. The number of nitrogens with zero attached hydrogens (tertiary/aromatic N) is 5. The molecule has 3 aromatic rings. The lowest BCUT2D eigenvalue weighted by atomic mass is 9.97. The van der Waals surface area contributed by atoms with E-state index in [4.69, 9.17) is 4.52 Å². The van der Waals surface area contributed by atoms with Gasteiger partial charge in [-0.15, -0.1) is 11.3 Å². The number of nitrogens with one attached hydrogen (secondary N) is 1. The summed E-state index contributed by atoms with van der Waals surface area (Å²) in [5, 5.41) is 13.3. The van der Waals surface area contributed by atoms with Crippen LogP contribution in [0.2, 0.25) is 0 Å². The number of rotatable bonds is 6. The number of sulfonamides is 1. The van der Waals surface area contributed by atoms with E-state index < -0.39 is 21.6 Å². The zero-order chi connectivity index (χ0) is 22.2. The molecule has 0 unspecified atom stereocenters. The quantitative estimate of drug-likeness (QED) is 0.577. The summed E-state index contributed by atoms with van der Waals surface area (Å²) in [6.07, 6.45) is 2.28. The summed E-state index contributed by atoms with van der Waals surface area (Å²) in [6, 6.07) is 5.22. The van der Waals surface area contributed by atoms with Crippen LogP contribution in [-0.2, 0) is 21.4 Å². The van der Waals surface area contributed by atoms with Crippen molar-refractivity contribution < 1.29 is 17.7 Å². The SMILES string of the molecule is Cc1cc(NC(=O)Cn2nc(C3CCN(S(C)(=O)=O)CC3)n(-c3cccs3)c2=O)no1. The van der Waals surface area contributed by atoms with E-state index >= 15 is 0 Å². The van der Waals surface area contributed by atoms with Crippen molar-refractivity contribution >= 4 is 33.1 Å². The third-order valence-corrected chi connectivity index (χ3v) is 7.22. The number of hydrogen-bond acceptors (Lipinski definition) is 8. The molecule has 11 nitrogen and oxygen atoms in total. The van der Waals surface area contributed by atoms with E-state index in [-0.39, 0.29) is 18.3 Å². The third kappa shape index (κ3) is 4.62. The van der Waals surface area contributed by atoms with Gasteiger partial charge in [0, 0.05) is 25.1 Å². The molecule has 0 radical (unpaired) electrons. The van der Waals surface area contributed by atoms with E-state index in [9.17, 15) is 18.0 Å². The van der Waals surface area contributed by atoms with Gasteiger partial charge in [0.1, 0.15) is 23.1 Å². The number of aryl methyl sites for hydroxylation is 1. The lowest BCUT2D eigenvalue weighted by Crippen LogP contribution is -2.37. The number of thiophene rings is 1. The van der Waals surface area contributed by atoms with Gasteiger partial charge in [0.15, 0.2) is 5.82 Å². The molecular formula is C18H22N6O5S2. The van der Waals surface area contributed by atoms with Gasteiger partial charge in [-0.1, -0.05) is 5.16 Å². The second-order valence-electron chi connectivity index (χ2n) is 7.39. The first-order chi connectivity index (χ1) is 14.7. The second kappa shape index (κ2) is 8.40. The van der Waals surface area contributed by atoms with Gasteiger partial charge >= 0.3 is 5.69 Å². The molecule has 0 atom stereocenters. The van der Waals surface area contributed by atoms with E-state index in [2.05, 4.69) is 15.6 Å². The van der Waals surface area contributed by atoms with Crippen molar-refractivity contribution in [1.29, 1.82) is 0 Å². The Labute approximate surface area is 182 Å². The first-order valence-corrected chi connectivity index (χ1v) is 12.4. The first kappa shape index (κ1) is 21.5. The van der Waals surface area contributed by atoms with Gasteiger partial charge in [-0.05, 0) is 37.3 Å². The minimum Gasteiger partial charge on any atom is -0.360 e.